The van der Waals surface area contributed by atoms with E-state index < -0.39 is 11.7 Å². The Hall–Kier alpha value is -1.95. The lowest BCUT2D eigenvalue weighted by molar-refractivity contribution is -0.118. The van der Waals surface area contributed by atoms with E-state index in [1.165, 1.54) is 18.2 Å². The van der Waals surface area contributed by atoms with Gasteiger partial charge in [-0.25, -0.2) is 4.39 Å². The number of aliphatic hydroxyl groups excluding tert-OH is 1. The molecule has 0 aromatic heterocycles. The van der Waals surface area contributed by atoms with E-state index in [-0.39, 0.29) is 35.2 Å². The minimum atomic E-state index is -0.667. The molecule has 0 unspecified atom stereocenters. The summed E-state index contributed by atoms with van der Waals surface area (Å²) in [5, 5.41) is 14.9. The molecule has 0 radical (unpaired) electrons. The Morgan fingerprint density at radius 2 is 1.87 bits per heavy atom. The molecule has 0 spiro atoms. The molecule has 1 aliphatic carbocycles. The summed E-state index contributed by atoms with van der Waals surface area (Å²) in [6.45, 7) is 3.45. The lowest BCUT2D eigenvalue weighted by Gasteiger charge is -2.26. The first kappa shape index (κ1) is 17.4. The van der Waals surface area contributed by atoms with Gasteiger partial charge in [-0.05, 0) is 37.8 Å². The van der Waals surface area contributed by atoms with Crippen LogP contribution in [0.4, 0.5) is 10.1 Å². The number of hydrogen-bond acceptors (Lipinski definition) is 3. The first-order valence-electron chi connectivity index (χ1n) is 7.96. The number of carbonyl (C=O) groups excluding carboxylic acids is 2. The second-order valence-corrected chi connectivity index (χ2v) is 6.29. The highest BCUT2D eigenvalue weighted by molar-refractivity contribution is 6.04. The van der Waals surface area contributed by atoms with Gasteiger partial charge in [-0.2, -0.15) is 0 Å². The van der Waals surface area contributed by atoms with Gasteiger partial charge in [-0.3, -0.25) is 9.59 Å². The highest BCUT2D eigenvalue weighted by Gasteiger charge is 2.24. The molecule has 1 saturated carbocycles. The molecule has 0 saturated heterocycles. The summed E-state index contributed by atoms with van der Waals surface area (Å²) < 4.78 is 14.1. The predicted octanol–water partition coefficient (Wildman–Crippen LogP) is 2.45. The Labute approximate surface area is 135 Å². The maximum absolute atomic E-state index is 14.1. The van der Waals surface area contributed by atoms with Crippen molar-refractivity contribution in [2.24, 2.45) is 5.92 Å². The molecule has 5 nitrogen and oxygen atoms in total. The fourth-order valence-electron chi connectivity index (χ4n) is 2.61. The number of rotatable bonds is 4. The van der Waals surface area contributed by atoms with Crippen molar-refractivity contribution in [3.05, 3.63) is 29.6 Å². The van der Waals surface area contributed by atoms with Crippen molar-refractivity contribution in [1.82, 2.24) is 5.32 Å². The van der Waals surface area contributed by atoms with Crippen LogP contribution in [-0.2, 0) is 4.79 Å². The van der Waals surface area contributed by atoms with E-state index in [1.807, 2.05) is 0 Å². The quantitative estimate of drug-likeness (QED) is 0.797. The number of nitrogens with one attached hydrogen (secondary N) is 2. The summed E-state index contributed by atoms with van der Waals surface area (Å²) >= 11 is 0. The summed E-state index contributed by atoms with van der Waals surface area (Å²) in [5.74, 6) is -1.75. The monoisotopic (exact) mass is 322 g/mol. The van der Waals surface area contributed by atoms with Crippen LogP contribution in [0, 0.1) is 11.7 Å². The van der Waals surface area contributed by atoms with Crippen molar-refractivity contribution in [3.8, 4) is 0 Å². The van der Waals surface area contributed by atoms with Gasteiger partial charge in [-0.15, -0.1) is 0 Å². The molecule has 2 rings (SSSR count). The van der Waals surface area contributed by atoms with Gasteiger partial charge < -0.3 is 15.7 Å². The van der Waals surface area contributed by atoms with Crippen LogP contribution >= 0.6 is 0 Å². The average Bonchev–Trinajstić information content (AvgIpc) is 2.49. The Balaban J connectivity index is 2.14. The van der Waals surface area contributed by atoms with E-state index >= 15 is 0 Å². The summed E-state index contributed by atoms with van der Waals surface area (Å²) in [6.07, 6.45) is 2.25. The van der Waals surface area contributed by atoms with E-state index in [2.05, 4.69) is 10.6 Å². The lowest BCUT2D eigenvalue weighted by atomic mass is 9.93. The molecule has 0 aliphatic heterocycles. The van der Waals surface area contributed by atoms with Crippen LogP contribution in [0.1, 0.15) is 49.9 Å². The fraction of sp³-hybridized carbons (Fsp3) is 0.529. The molecule has 2 amide bonds. The van der Waals surface area contributed by atoms with Crippen LogP contribution in [-0.4, -0.2) is 29.1 Å². The SMILES string of the molecule is CC(C)C(=O)Nc1cccc(F)c1C(=O)NC1CCC(O)CC1. The third-order valence-corrected chi connectivity index (χ3v) is 4.05. The van der Waals surface area contributed by atoms with E-state index in [4.69, 9.17) is 0 Å². The van der Waals surface area contributed by atoms with Gasteiger partial charge in [0.05, 0.1) is 17.4 Å². The third kappa shape index (κ3) is 4.51. The number of halogens is 1. The van der Waals surface area contributed by atoms with E-state index in [0.717, 1.165) is 0 Å². The first-order valence-corrected chi connectivity index (χ1v) is 7.96. The van der Waals surface area contributed by atoms with E-state index in [0.29, 0.717) is 25.7 Å². The first-order chi connectivity index (χ1) is 10.9. The van der Waals surface area contributed by atoms with Crippen LogP contribution in [0.2, 0.25) is 0 Å². The Bertz CT molecular complexity index is 581. The minimum Gasteiger partial charge on any atom is -0.393 e. The van der Waals surface area contributed by atoms with E-state index in [1.54, 1.807) is 13.8 Å². The second kappa shape index (κ2) is 7.55. The third-order valence-electron chi connectivity index (χ3n) is 4.05. The van der Waals surface area contributed by atoms with Gasteiger partial charge in [-0.1, -0.05) is 19.9 Å². The molecule has 1 fully saturated rings. The summed E-state index contributed by atoms with van der Waals surface area (Å²) in [5.41, 5.74) is 0.0321. The number of aliphatic hydroxyl groups is 1. The van der Waals surface area contributed by atoms with Crippen LogP contribution in [0.5, 0.6) is 0 Å². The van der Waals surface area contributed by atoms with Crippen molar-refractivity contribution >= 4 is 17.5 Å². The number of benzene rings is 1. The van der Waals surface area contributed by atoms with Crippen molar-refractivity contribution in [1.29, 1.82) is 0 Å². The molecule has 0 heterocycles. The normalized spacial score (nSPS) is 21.1. The number of hydrogen-bond donors (Lipinski definition) is 3. The molecule has 23 heavy (non-hydrogen) atoms. The highest BCUT2D eigenvalue weighted by Crippen LogP contribution is 2.22. The number of anilines is 1. The Kier molecular flexibility index (Phi) is 5.71. The molecule has 1 aliphatic rings. The summed E-state index contributed by atoms with van der Waals surface area (Å²) in [6, 6.07) is 4.09. The predicted molar refractivity (Wildman–Crippen MR) is 85.6 cm³/mol. The topological polar surface area (TPSA) is 78.4 Å². The number of carbonyl (C=O) groups is 2. The number of amides is 2. The fourth-order valence-corrected chi connectivity index (χ4v) is 2.61. The van der Waals surface area contributed by atoms with E-state index in [9.17, 15) is 19.1 Å². The molecule has 6 heteroatoms. The largest absolute Gasteiger partial charge is 0.393 e. The molecular formula is C17H23FN2O3. The standard InChI is InChI=1S/C17H23FN2O3/c1-10(2)16(22)20-14-5-3-4-13(18)15(14)17(23)19-11-6-8-12(21)9-7-11/h3-5,10-12,21H,6-9H2,1-2H3,(H,19,23)(H,20,22). The van der Waals surface area contributed by atoms with Crippen molar-refractivity contribution < 1.29 is 19.1 Å². The molecule has 0 atom stereocenters. The van der Waals surface area contributed by atoms with Gasteiger partial charge in [0.25, 0.3) is 5.91 Å². The van der Waals surface area contributed by atoms with Gasteiger partial charge in [0.15, 0.2) is 0 Å². The van der Waals surface area contributed by atoms with Gasteiger partial charge in [0.2, 0.25) is 5.91 Å². The summed E-state index contributed by atoms with van der Waals surface area (Å²) in [4.78, 5) is 24.3. The highest BCUT2D eigenvalue weighted by atomic mass is 19.1. The minimum absolute atomic E-state index is 0.0841. The molecular weight excluding hydrogens is 299 g/mol. The second-order valence-electron chi connectivity index (χ2n) is 6.29. The van der Waals surface area contributed by atoms with Crippen LogP contribution in [0.15, 0.2) is 18.2 Å². The van der Waals surface area contributed by atoms with Crippen LogP contribution < -0.4 is 10.6 Å². The zero-order valence-corrected chi connectivity index (χ0v) is 13.4. The summed E-state index contributed by atoms with van der Waals surface area (Å²) in [7, 11) is 0. The maximum atomic E-state index is 14.1. The van der Waals surface area contributed by atoms with Crippen molar-refractivity contribution in [2.75, 3.05) is 5.32 Å². The van der Waals surface area contributed by atoms with Gasteiger partial charge in [0, 0.05) is 12.0 Å². The van der Waals surface area contributed by atoms with Gasteiger partial charge in [0.1, 0.15) is 5.82 Å². The zero-order chi connectivity index (χ0) is 17.0. The maximum Gasteiger partial charge on any atom is 0.256 e. The molecule has 126 valence electrons. The average molecular weight is 322 g/mol. The van der Waals surface area contributed by atoms with Crippen molar-refractivity contribution in [2.45, 2.75) is 51.7 Å². The van der Waals surface area contributed by atoms with Crippen LogP contribution in [0.3, 0.4) is 0 Å². The zero-order valence-electron chi connectivity index (χ0n) is 13.4. The Morgan fingerprint density at radius 3 is 2.48 bits per heavy atom. The van der Waals surface area contributed by atoms with Crippen LogP contribution in [0.25, 0.3) is 0 Å². The molecule has 1 aromatic rings. The molecule has 0 bridgehead atoms. The van der Waals surface area contributed by atoms with Crippen molar-refractivity contribution in [3.63, 3.8) is 0 Å². The molecule has 1 aromatic carbocycles. The van der Waals surface area contributed by atoms with Gasteiger partial charge >= 0.3 is 0 Å². The molecule has 3 N–H and O–H groups in total. The smallest absolute Gasteiger partial charge is 0.256 e. The lowest BCUT2D eigenvalue weighted by Crippen LogP contribution is -2.39. The Morgan fingerprint density at radius 1 is 1.22 bits per heavy atom.